The monoisotopic (exact) mass is 467 g/mol. The third kappa shape index (κ3) is 5.34. The summed E-state index contributed by atoms with van der Waals surface area (Å²) in [4.78, 5) is 20.7. The number of nitrogens with zero attached hydrogens (tertiary/aromatic N) is 3. The fourth-order valence-electron chi connectivity index (χ4n) is 4.17. The average Bonchev–Trinajstić information content (AvgIpc) is 2.85. The highest BCUT2D eigenvalue weighted by molar-refractivity contribution is 5.82. The normalized spacial score (nSPS) is 14.4. The van der Waals surface area contributed by atoms with Crippen LogP contribution in [0.5, 0.6) is 17.2 Å². The maximum Gasteiger partial charge on any atom is 0.261 e. The van der Waals surface area contributed by atoms with Crippen LogP contribution < -0.4 is 19.8 Å². The molecule has 0 aliphatic carbocycles. The number of aromatic nitrogens is 2. The summed E-state index contributed by atoms with van der Waals surface area (Å²) in [6.45, 7) is 8.70. The van der Waals surface area contributed by atoms with Crippen LogP contribution in [0.2, 0.25) is 0 Å². The number of morpholine rings is 1. The summed E-state index contributed by atoms with van der Waals surface area (Å²) >= 11 is 0. The number of methoxy groups -OCH3 is 2. The molecule has 0 atom stereocenters. The highest BCUT2D eigenvalue weighted by Gasteiger charge is 2.18. The summed E-state index contributed by atoms with van der Waals surface area (Å²) in [5.41, 5.74) is 2.78. The van der Waals surface area contributed by atoms with Crippen molar-refractivity contribution in [3.05, 3.63) is 57.6 Å². The highest BCUT2D eigenvalue weighted by atomic mass is 16.5. The van der Waals surface area contributed by atoms with E-state index in [0.29, 0.717) is 61.7 Å². The third-order valence-corrected chi connectivity index (χ3v) is 6.13. The van der Waals surface area contributed by atoms with Crippen LogP contribution in [0, 0.1) is 13.8 Å². The molecule has 8 nitrogen and oxygen atoms in total. The quantitative estimate of drug-likeness (QED) is 0.447. The lowest BCUT2D eigenvalue weighted by Gasteiger charge is -2.27. The topological polar surface area (TPSA) is 75.0 Å². The second-order valence-corrected chi connectivity index (χ2v) is 8.57. The Hall–Kier alpha value is -3.10. The van der Waals surface area contributed by atoms with Gasteiger partial charge in [0.1, 0.15) is 11.6 Å². The molecule has 3 aromatic rings. The molecule has 0 spiro atoms. The number of aryl methyl sites for hydroxylation is 2. The van der Waals surface area contributed by atoms with Crippen molar-refractivity contribution in [3.63, 3.8) is 0 Å². The first-order valence-corrected chi connectivity index (χ1v) is 11.7. The number of hydrogen-bond donors (Lipinski definition) is 0. The highest BCUT2D eigenvalue weighted by Crippen LogP contribution is 2.30. The van der Waals surface area contributed by atoms with Crippen molar-refractivity contribution in [1.82, 2.24) is 14.5 Å². The minimum absolute atomic E-state index is 0.0825. The summed E-state index contributed by atoms with van der Waals surface area (Å²) in [6, 6.07) is 9.66. The largest absolute Gasteiger partial charge is 0.493 e. The van der Waals surface area contributed by atoms with E-state index in [4.69, 9.17) is 23.9 Å². The van der Waals surface area contributed by atoms with Gasteiger partial charge in [-0.2, -0.15) is 0 Å². The maximum absolute atomic E-state index is 13.6. The Kier molecular flexibility index (Phi) is 7.70. The Morgan fingerprint density at radius 2 is 1.74 bits per heavy atom. The second-order valence-electron chi connectivity index (χ2n) is 8.57. The third-order valence-electron chi connectivity index (χ3n) is 6.13. The standard InChI is InChI=1S/C26H33N3O5/c1-18-6-7-19(2)22(14-18)34-11-5-8-29-25(17-28-9-12-33-13-10-28)27-21-16-24(32-4)23(31-3)15-20(21)26(29)30/h6-7,14-16H,5,8-13,17H2,1-4H3. The van der Waals surface area contributed by atoms with Crippen LogP contribution in [0.15, 0.2) is 35.1 Å². The Labute approximate surface area is 200 Å². The van der Waals surface area contributed by atoms with Gasteiger partial charge < -0.3 is 18.9 Å². The number of ether oxygens (including phenoxy) is 4. The first-order valence-electron chi connectivity index (χ1n) is 11.7. The van der Waals surface area contributed by atoms with Crippen LogP contribution in [-0.2, 0) is 17.8 Å². The molecule has 0 saturated carbocycles. The van der Waals surface area contributed by atoms with Crippen LogP contribution in [0.1, 0.15) is 23.4 Å². The molecular weight excluding hydrogens is 434 g/mol. The molecule has 1 fully saturated rings. The van der Waals surface area contributed by atoms with E-state index < -0.39 is 0 Å². The van der Waals surface area contributed by atoms with Crippen molar-refractivity contribution in [1.29, 1.82) is 0 Å². The van der Waals surface area contributed by atoms with Crippen LogP contribution in [0.3, 0.4) is 0 Å². The van der Waals surface area contributed by atoms with E-state index in [1.807, 2.05) is 19.9 Å². The van der Waals surface area contributed by atoms with Crippen molar-refractivity contribution in [3.8, 4) is 17.2 Å². The van der Waals surface area contributed by atoms with Gasteiger partial charge in [-0.25, -0.2) is 4.98 Å². The molecule has 1 aliphatic rings. The molecule has 0 bridgehead atoms. The molecule has 182 valence electrons. The number of rotatable bonds is 9. The summed E-state index contributed by atoms with van der Waals surface area (Å²) in [5.74, 6) is 2.69. The van der Waals surface area contributed by atoms with Gasteiger partial charge >= 0.3 is 0 Å². The Bertz CT molecular complexity index is 1200. The molecule has 4 rings (SSSR count). The molecule has 2 aromatic carbocycles. The van der Waals surface area contributed by atoms with Crippen LogP contribution in [0.25, 0.3) is 10.9 Å². The van der Waals surface area contributed by atoms with Gasteiger partial charge in [0.25, 0.3) is 5.56 Å². The molecule has 8 heteroatoms. The van der Waals surface area contributed by atoms with E-state index in [-0.39, 0.29) is 5.56 Å². The zero-order chi connectivity index (χ0) is 24.1. The lowest BCUT2D eigenvalue weighted by Crippen LogP contribution is -2.38. The van der Waals surface area contributed by atoms with Crippen LogP contribution in [-0.4, -0.2) is 61.6 Å². The molecule has 0 amide bonds. The van der Waals surface area contributed by atoms with E-state index in [0.717, 1.165) is 35.8 Å². The summed E-state index contributed by atoms with van der Waals surface area (Å²) in [6.07, 6.45) is 0.684. The van der Waals surface area contributed by atoms with Gasteiger partial charge in [-0.05, 0) is 43.5 Å². The fraction of sp³-hybridized carbons (Fsp3) is 0.462. The van der Waals surface area contributed by atoms with Gasteiger partial charge in [0, 0.05) is 25.7 Å². The molecule has 0 unspecified atom stereocenters. The summed E-state index contributed by atoms with van der Waals surface area (Å²) in [5, 5.41) is 0.513. The molecule has 0 N–H and O–H groups in total. The predicted molar refractivity (Wildman–Crippen MR) is 131 cm³/mol. The maximum atomic E-state index is 13.6. The lowest BCUT2D eigenvalue weighted by molar-refractivity contribution is 0.0324. The minimum Gasteiger partial charge on any atom is -0.493 e. The second kappa shape index (κ2) is 10.9. The summed E-state index contributed by atoms with van der Waals surface area (Å²) in [7, 11) is 3.14. The van der Waals surface area contributed by atoms with Gasteiger partial charge in [0.2, 0.25) is 0 Å². The molecule has 1 aliphatic heterocycles. The summed E-state index contributed by atoms with van der Waals surface area (Å²) < 4.78 is 24.1. The molecular formula is C26H33N3O5. The lowest BCUT2D eigenvalue weighted by atomic mass is 10.1. The Balaban J connectivity index is 1.61. The van der Waals surface area contributed by atoms with E-state index in [1.54, 1.807) is 30.9 Å². The number of benzene rings is 2. The van der Waals surface area contributed by atoms with E-state index in [1.165, 1.54) is 0 Å². The SMILES string of the molecule is COc1cc2nc(CN3CCOCC3)n(CCCOc3cc(C)ccc3C)c(=O)c2cc1OC. The predicted octanol–water partition coefficient (Wildman–Crippen LogP) is 3.33. The average molecular weight is 468 g/mol. The molecule has 0 radical (unpaired) electrons. The van der Waals surface area contributed by atoms with E-state index >= 15 is 0 Å². The first-order chi connectivity index (χ1) is 16.5. The van der Waals surface area contributed by atoms with E-state index in [9.17, 15) is 4.79 Å². The van der Waals surface area contributed by atoms with Crippen LogP contribution in [0.4, 0.5) is 0 Å². The van der Waals surface area contributed by atoms with Gasteiger partial charge in [0.05, 0.1) is 51.5 Å². The van der Waals surface area contributed by atoms with Crippen molar-refractivity contribution >= 4 is 10.9 Å². The Morgan fingerprint density at radius 1 is 1.00 bits per heavy atom. The van der Waals surface area contributed by atoms with E-state index in [2.05, 4.69) is 17.0 Å². The van der Waals surface area contributed by atoms with Crippen molar-refractivity contribution in [2.75, 3.05) is 47.1 Å². The zero-order valence-corrected chi connectivity index (χ0v) is 20.4. The van der Waals surface area contributed by atoms with Crippen molar-refractivity contribution < 1.29 is 18.9 Å². The van der Waals surface area contributed by atoms with Gasteiger partial charge in [-0.3, -0.25) is 14.3 Å². The van der Waals surface area contributed by atoms with Crippen molar-refractivity contribution in [2.24, 2.45) is 0 Å². The number of hydrogen-bond acceptors (Lipinski definition) is 7. The smallest absolute Gasteiger partial charge is 0.261 e. The molecule has 1 saturated heterocycles. The molecule has 1 aromatic heterocycles. The first kappa shape index (κ1) is 24.0. The minimum atomic E-state index is -0.0825. The van der Waals surface area contributed by atoms with Crippen LogP contribution >= 0.6 is 0 Å². The molecule has 2 heterocycles. The molecule has 34 heavy (non-hydrogen) atoms. The van der Waals surface area contributed by atoms with Gasteiger partial charge in [-0.15, -0.1) is 0 Å². The van der Waals surface area contributed by atoms with Gasteiger partial charge in [0.15, 0.2) is 11.5 Å². The number of fused-ring (bicyclic) bond motifs is 1. The fourth-order valence-corrected chi connectivity index (χ4v) is 4.17. The zero-order valence-electron chi connectivity index (χ0n) is 20.4. The Morgan fingerprint density at radius 3 is 2.47 bits per heavy atom. The van der Waals surface area contributed by atoms with Gasteiger partial charge in [-0.1, -0.05) is 12.1 Å². The van der Waals surface area contributed by atoms with Crippen molar-refractivity contribution in [2.45, 2.75) is 33.4 Å².